The van der Waals surface area contributed by atoms with Gasteiger partial charge in [0.05, 0.1) is 17.3 Å². The van der Waals surface area contributed by atoms with Crippen LogP contribution < -0.4 is 15.4 Å². The molecule has 7 heteroatoms. The van der Waals surface area contributed by atoms with Crippen molar-refractivity contribution < 1.29 is 14.3 Å². The van der Waals surface area contributed by atoms with E-state index in [0.29, 0.717) is 23.4 Å². The van der Waals surface area contributed by atoms with Crippen LogP contribution in [0.3, 0.4) is 0 Å². The molecule has 2 heterocycles. The summed E-state index contributed by atoms with van der Waals surface area (Å²) >= 11 is 0. The maximum Gasteiger partial charge on any atom is 0.322 e. The zero-order chi connectivity index (χ0) is 21.4. The Morgan fingerprint density at radius 1 is 1.00 bits per heavy atom. The van der Waals surface area contributed by atoms with Crippen molar-refractivity contribution in [1.29, 1.82) is 0 Å². The maximum absolute atomic E-state index is 13.2. The maximum atomic E-state index is 13.2. The fourth-order valence-corrected chi connectivity index (χ4v) is 4.54. The number of Topliss-reactive ketones (excluding diaryl/α,β-unsaturated/α-hetero) is 1. The molecule has 1 unspecified atom stereocenters. The van der Waals surface area contributed by atoms with Crippen LogP contribution in [0.5, 0.6) is 5.75 Å². The number of amides is 2. The molecule has 3 aliphatic rings. The van der Waals surface area contributed by atoms with Crippen LogP contribution in [-0.4, -0.2) is 68.0 Å². The average molecular weight is 418 g/mol. The van der Waals surface area contributed by atoms with Gasteiger partial charge in [0.2, 0.25) is 0 Å². The van der Waals surface area contributed by atoms with Crippen molar-refractivity contribution in [2.24, 2.45) is 0 Å². The first-order chi connectivity index (χ1) is 15.1. The molecule has 0 saturated carbocycles. The van der Waals surface area contributed by atoms with Gasteiger partial charge in [-0.25, -0.2) is 4.79 Å². The van der Waals surface area contributed by atoms with E-state index in [-0.39, 0.29) is 11.8 Å². The summed E-state index contributed by atoms with van der Waals surface area (Å²) in [6, 6.07) is 14.4. The number of ketones is 1. The fourth-order valence-electron chi connectivity index (χ4n) is 4.54. The molecule has 160 valence electrons. The Bertz CT molecular complexity index is 1040. The lowest BCUT2D eigenvalue weighted by Gasteiger charge is -2.32. The Balaban J connectivity index is 1.34. The number of piperazine rings is 1. The number of urea groups is 1. The number of rotatable bonds is 5. The molecule has 5 rings (SSSR count). The van der Waals surface area contributed by atoms with Crippen LogP contribution >= 0.6 is 0 Å². The van der Waals surface area contributed by atoms with E-state index in [4.69, 9.17) is 4.74 Å². The predicted molar refractivity (Wildman–Crippen MR) is 118 cm³/mol. The molecular formula is C24H26N4O3. The van der Waals surface area contributed by atoms with Crippen LogP contribution in [0.1, 0.15) is 27.5 Å². The smallest absolute Gasteiger partial charge is 0.322 e. The van der Waals surface area contributed by atoms with Gasteiger partial charge in [0, 0.05) is 50.9 Å². The summed E-state index contributed by atoms with van der Waals surface area (Å²) in [6.07, 6.45) is 0. The van der Waals surface area contributed by atoms with Gasteiger partial charge in [-0.3, -0.25) is 14.6 Å². The van der Waals surface area contributed by atoms with Gasteiger partial charge < -0.3 is 15.4 Å². The van der Waals surface area contributed by atoms with Crippen LogP contribution in [0.15, 0.2) is 54.1 Å². The van der Waals surface area contributed by atoms with Gasteiger partial charge in [-0.15, -0.1) is 0 Å². The van der Waals surface area contributed by atoms with Crippen LogP contribution in [0.4, 0.5) is 4.79 Å². The lowest BCUT2D eigenvalue weighted by molar-refractivity contribution is 0.102. The van der Waals surface area contributed by atoms with E-state index in [0.717, 1.165) is 49.6 Å². The number of hydrogen-bond donors (Lipinski definition) is 2. The first kappa shape index (κ1) is 19.8. The van der Waals surface area contributed by atoms with Crippen molar-refractivity contribution in [3.8, 4) is 5.75 Å². The number of ether oxygens (including phenoxy) is 1. The fraction of sp³-hybridized carbons (Fsp3) is 0.333. The van der Waals surface area contributed by atoms with E-state index >= 15 is 0 Å². The third kappa shape index (κ3) is 3.60. The topological polar surface area (TPSA) is 73.9 Å². The molecule has 0 spiro atoms. The molecule has 0 radical (unpaired) electrons. The monoisotopic (exact) mass is 418 g/mol. The van der Waals surface area contributed by atoms with Crippen molar-refractivity contribution in [1.82, 2.24) is 20.4 Å². The minimum absolute atomic E-state index is 0.0289. The molecule has 0 bridgehead atoms. The van der Waals surface area contributed by atoms with Crippen molar-refractivity contribution >= 4 is 17.5 Å². The standard InChI is InChI=1S/C24H26N4O3/c1-27-22-18-4-2-3-5-19(18)23(29)20(22)21(26-24(27)30)16-6-8-17(9-7-16)31-15-14-28-12-10-25-11-13-28/h2-9,21,25H,10-15H2,1H3,(H,26,30). The summed E-state index contributed by atoms with van der Waals surface area (Å²) < 4.78 is 5.91. The van der Waals surface area contributed by atoms with E-state index in [1.807, 2.05) is 48.5 Å². The highest BCUT2D eigenvalue weighted by atomic mass is 16.5. The van der Waals surface area contributed by atoms with E-state index < -0.39 is 6.04 Å². The molecule has 31 heavy (non-hydrogen) atoms. The second kappa shape index (κ2) is 8.17. The van der Waals surface area contributed by atoms with Crippen molar-refractivity contribution in [3.63, 3.8) is 0 Å². The quantitative estimate of drug-likeness (QED) is 0.779. The average Bonchev–Trinajstić information content (AvgIpc) is 3.11. The third-order valence-corrected chi connectivity index (χ3v) is 6.22. The lowest BCUT2D eigenvalue weighted by atomic mass is 9.94. The van der Waals surface area contributed by atoms with Gasteiger partial charge in [0.15, 0.2) is 5.78 Å². The number of fused-ring (bicyclic) bond motifs is 2. The Hall–Kier alpha value is -3.16. The normalized spacial score (nSPS) is 21.1. The van der Waals surface area contributed by atoms with Gasteiger partial charge in [-0.2, -0.15) is 0 Å². The van der Waals surface area contributed by atoms with Crippen molar-refractivity contribution in [3.05, 3.63) is 70.8 Å². The second-order valence-electron chi connectivity index (χ2n) is 8.09. The highest BCUT2D eigenvalue weighted by Gasteiger charge is 2.42. The molecule has 1 fully saturated rings. The summed E-state index contributed by atoms with van der Waals surface area (Å²) in [5.41, 5.74) is 3.65. The van der Waals surface area contributed by atoms with Gasteiger partial charge in [-0.05, 0) is 17.7 Å². The number of benzene rings is 2. The lowest BCUT2D eigenvalue weighted by Crippen LogP contribution is -2.44. The van der Waals surface area contributed by atoms with Crippen LogP contribution in [-0.2, 0) is 0 Å². The molecule has 7 nitrogen and oxygen atoms in total. The molecule has 2 aromatic carbocycles. The van der Waals surface area contributed by atoms with Crippen molar-refractivity contribution in [2.75, 3.05) is 46.4 Å². The molecule has 0 aromatic heterocycles. The Labute approximate surface area is 181 Å². The second-order valence-corrected chi connectivity index (χ2v) is 8.09. The number of carbonyl (C=O) groups is 2. The largest absolute Gasteiger partial charge is 0.492 e. The molecule has 1 aliphatic carbocycles. The summed E-state index contributed by atoms with van der Waals surface area (Å²) in [5.74, 6) is 0.757. The van der Waals surface area contributed by atoms with E-state index in [1.165, 1.54) is 4.90 Å². The van der Waals surface area contributed by atoms with Gasteiger partial charge in [0.1, 0.15) is 12.4 Å². The van der Waals surface area contributed by atoms with Gasteiger partial charge in [-0.1, -0.05) is 36.4 Å². The minimum atomic E-state index is -0.478. The molecule has 2 aliphatic heterocycles. The zero-order valence-corrected chi connectivity index (χ0v) is 17.6. The Kier molecular flexibility index (Phi) is 5.21. The minimum Gasteiger partial charge on any atom is -0.492 e. The Morgan fingerprint density at radius 2 is 1.71 bits per heavy atom. The van der Waals surface area contributed by atoms with Gasteiger partial charge in [0.25, 0.3) is 0 Å². The number of nitrogens with zero attached hydrogens (tertiary/aromatic N) is 2. The molecule has 1 saturated heterocycles. The number of nitrogens with one attached hydrogen (secondary N) is 2. The first-order valence-corrected chi connectivity index (χ1v) is 10.7. The SMILES string of the molecule is CN1C(=O)NC(c2ccc(OCCN3CCNCC3)cc2)C2=C1c1ccccc1C2=O. The van der Waals surface area contributed by atoms with E-state index in [1.54, 1.807) is 7.05 Å². The zero-order valence-electron chi connectivity index (χ0n) is 17.6. The Morgan fingerprint density at radius 3 is 2.45 bits per heavy atom. The molecule has 2 N–H and O–H groups in total. The van der Waals surface area contributed by atoms with Crippen LogP contribution in [0.25, 0.3) is 5.70 Å². The highest BCUT2D eigenvalue weighted by Crippen LogP contribution is 2.43. The predicted octanol–water partition coefficient (Wildman–Crippen LogP) is 2.27. The van der Waals surface area contributed by atoms with E-state index in [9.17, 15) is 9.59 Å². The van der Waals surface area contributed by atoms with Gasteiger partial charge >= 0.3 is 6.03 Å². The van der Waals surface area contributed by atoms with E-state index in [2.05, 4.69) is 15.5 Å². The summed E-state index contributed by atoms with van der Waals surface area (Å²) in [6.45, 7) is 5.68. The first-order valence-electron chi connectivity index (χ1n) is 10.7. The van der Waals surface area contributed by atoms with Crippen molar-refractivity contribution in [2.45, 2.75) is 6.04 Å². The molecule has 2 amide bonds. The van der Waals surface area contributed by atoms with Crippen LogP contribution in [0, 0.1) is 0 Å². The molecule has 2 aromatic rings. The molecular weight excluding hydrogens is 392 g/mol. The summed E-state index contributed by atoms with van der Waals surface area (Å²) in [7, 11) is 1.70. The number of carbonyl (C=O) groups excluding carboxylic acids is 2. The summed E-state index contributed by atoms with van der Waals surface area (Å²) in [4.78, 5) is 29.7. The van der Waals surface area contributed by atoms with Crippen LogP contribution in [0.2, 0.25) is 0 Å². The summed E-state index contributed by atoms with van der Waals surface area (Å²) in [5, 5.41) is 6.33. The highest BCUT2D eigenvalue weighted by molar-refractivity contribution is 6.23. The number of hydrogen-bond acceptors (Lipinski definition) is 5. The molecule has 1 atom stereocenters. The third-order valence-electron chi connectivity index (χ3n) is 6.22.